The molecular weight excluding hydrogens is 430 g/mol. The van der Waals surface area contributed by atoms with Gasteiger partial charge in [-0.25, -0.2) is 0 Å². The van der Waals surface area contributed by atoms with Crippen molar-refractivity contribution in [2.75, 3.05) is 5.32 Å². The zero-order valence-corrected chi connectivity index (χ0v) is 18.3. The quantitative estimate of drug-likeness (QED) is 0.463. The van der Waals surface area contributed by atoms with Crippen molar-refractivity contribution in [2.45, 2.75) is 32.5 Å². The third kappa shape index (κ3) is 7.24. The fraction of sp³-hybridized carbons (Fsp3) is 0.217. The molecule has 0 saturated heterocycles. The number of anilines is 1. The number of carbonyl (C=O) groups is 3. The van der Waals surface area contributed by atoms with E-state index in [1.807, 2.05) is 6.07 Å². The van der Waals surface area contributed by atoms with Gasteiger partial charge in [-0.05, 0) is 41.5 Å². The number of aromatic nitrogens is 2. The van der Waals surface area contributed by atoms with Gasteiger partial charge in [0.15, 0.2) is 0 Å². The van der Waals surface area contributed by atoms with E-state index in [0.717, 1.165) is 11.1 Å². The van der Waals surface area contributed by atoms with Crippen molar-refractivity contribution in [3.63, 3.8) is 0 Å². The molecule has 1 unspecified atom stereocenters. The van der Waals surface area contributed by atoms with Gasteiger partial charge in [-0.15, -0.1) is 0 Å². The molecule has 3 aromatic rings. The van der Waals surface area contributed by atoms with Gasteiger partial charge < -0.3 is 16.0 Å². The Bertz CT molecular complexity index is 1070. The number of rotatable bonds is 9. The summed E-state index contributed by atoms with van der Waals surface area (Å²) in [5, 5.41) is 13.1. The number of nitrogens with zero attached hydrogens (tertiary/aromatic N) is 2. The SMILES string of the molecule is CC(=O)NC(CC(=O)NCc1cccc(NC(=O)Cn2cccn2)c1)c1ccc(Cl)cc1. The zero-order chi connectivity index (χ0) is 22.9. The molecule has 32 heavy (non-hydrogen) atoms. The first-order valence-electron chi connectivity index (χ1n) is 10.0. The van der Waals surface area contributed by atoms with Crippen LogP contribution in [0.2, 0.25) is 5.02 Å². The van der Waals surface area contributed by atoms with E-state index >= 15 is 0 Å². The topological polar surface area (TPSA) is 105 Å². The van der Waals surface area contributed by atoms with E-state index in [1.54, 1.807) is 60.9 Å². The van der Waals surface area contributed by atoms with Gasteiger partial charge >= 0.3 is 0 Å². The van der Waals surface area contributed by atoms with Crippen molar-refractivity contribution in [1.82, 2.24) is 20.4 Å². The first kappa shape index (κ1) is 23.0. The molecule has 1 heterocycles. The smallest absolute Gasteiger partial charge is 0.246 e. The number of carbonyl (C=O) groups excluding carboxylic acids is 3. The predicted octanol–water partition coefficient (Wildman–Crippen LogP) is 3.06. The number of nitrogens with one attached hydrogen (secondary N) is 3. The maximum Gasteiger partial charge on any atom is 0.246 e. The molecule has 1 atom stereocenters. The fourth-order valence-electron chi connectivity index (χ4n) is 3.15. The largest absolute Gasteiger partial charge is 0.352 e. The molecule has 3 amide bonds. The number of benzene rings is 2. The Morgan fingerprint density at radius 2 is 1.84 bits per heavy atom. The van der Waals surface area contributed by atoms with Gasteiger partial charge in [-0.1, -0.05) is 35.9 Å². The summed E-state index contributed by atoms with van der Waals surface area (Å²) in [5.41, 5.74) is 2.26. The maximum absolute atomic E-state index is 12.5. The number of amides is 3. The van der Waals surface area contributed by atoms with Crippen molar-refractivity contribution in [3.05, 3.63) is 83.1 Å². The first-order chi connectivity index (χ1) is 15.4. The van der Waals surface area contributed by atoms with Crippen LogP contribution >= 0.6 is 11.6 Å². The second-order valence-electron chi connectivity index (χ2n) is 7.24. The molecule has 0 aliphatic heterocycles. The summed E-state index contributed by atoms with van der Waals surface area (Å²) in [6.45, 7) is 1.81. The number of halogens is 1. The van der Waals surface area contributed by atoms with E-state index in [2.05, 4.69) is 21.0 Å². The van der Waals surface area contributed by atoms with Crippen molar-refractivity contribution in [3.8, 4) is 0 Å². The molecule has 0 radical (unpaired) electrons. The standard InChI is InChI=1S/C23H24ClN5O3/c1-16(30)27-21(18-6-8-19(24)9-7-18)13-22(31)25-14-17-4-2-5-20(12-17)28-23(32)15-29-11-3-10-26-29/h2-12,21H,13-15H2,1H3,(H,25,31)(H,27,30)(H,28,32). The second kappa shape index (κ2) is 11.1. The Hall–Kier alpha value is -3.65. The minimum atomic E-state index is -0.460. The Labute approximate surface area is 191 Å². The highest BCUT2D eigenvalue weighted by molar-refractivity contribution is 6.30. The van der Waals surface area contributed by atoms with Crippen LogP contribution in [0, 0.1) is 0 Å². The molecular formula is C23H24ClN5O3. The predicted molar refractivity (Wildman–Crippen MR) is 122 cm³/mol. The van der Waals surface area contributed by atoms with Gasteiger partial charge in [0, 0.05) is 36.6 Å². The third-order valence-corrected chi connectivity index (χ3v) is 4.86. The molecule has 0 fully saturated rings. The Morgan fingerprint density at radius 1 is 1.06 bits per heavy atom. The van der Waals surface area contributed by atoms with E-state index in [0.29, 0.717) is 10.7 Å². The van der Waals surface area contributed by atoms with Gasteiger partial charge in [0.1, 0.15) is 6.54 Å². The van der Waals surface area contributed by atoms with Crippen LogP contribution in [0.1, 0.15) is 30.5 Å². The Balaban J connectivity index is 1.55. The lowest BCUT2D eigenvalue weighted by Crippen LogP contribution is -2.32. The highest BCUT2D eigenvalue weighted by atomic mass is 35.5. The van der Waals surface area contributed by atoms with Crippen LogP contribution in [0.3, 0.4) is 0 Å². The lowest BCUT2D eigenvalue weighted by Gasteiger charge is -2.18. The van der Waals surface area contributed by atoms with Crippen LogP contribution in [0.25, 0.3) is 0 Å². The lowest BCUT2D eigenvalue weighted by molar-refractivity contribution is -0.123. The molecule has 3 rings (SSSR count). The van der Waals surface area contributed by atoms with Crippen LogP contribution in [-0.4, -0.2) is 27.5 Å². The minimum absolute atomic E-state index is 0.0848. The summed E-state index contributed by atoms with van der Waals surface area (Å²) in [4.78, 5) is 36.2. The summed E-state index contributed by atoms with van der Waals surface area (Å²) in [5.74, 6) is -0.640. The Morgan fingerprint density at radius 3 is 2.53 bits per heavy atom. The minimum Gasteiger partial charge on any atom is -0.352 e. The van der Waals surface area contributed by atoms with Crippen LogP contribution in [0.15, 0.2) is 67.0 Å². The number of hydrogen-bond donors (Lipinski definition) is 3. The Kier molecular flexibility index (Phi) is 7.99. The number of hydrogen-bond acceptors (Lipinski definition) is 4. The fourth-order valence-corrected chi connectivity index (χ4v) is 3.28. The molecule has 1 aromatic heterocycles. The molecule has 2 aromatic carbocycles. The van der Waals surface area contributed by atoms with Gasteiger partial charge in [-0.3, -0.25) is 19.1 Å². The van der Waals surface area contributed by atoms with Gasteiger partial charge in [0.05, 0.1) is 12.5 Å². The summed E-state index contributed by atoms with van der Waals surface area (Å²) in [7, 11) is 0. The summed E-state index contributed by atoms with van der Waals surface area (Å²) in [6, 6.07) is 15.5. The molecule has 8 nitrogen and oxygen atoms in total. The molecule has 0 spiro atoms. The third-order valence-electron chi connectivity index (χ3n) is 4.60. The average Bonchev–Trinajstić information content (AvgIpc) is 3.25. The van der Waals surface area contributed by atoms with Crippen molar-refractivity contribution < 1.29 is 14.4 Å². The summed E-state index contributed by atoms with van der Waals surface area (Å²) >= 11 is 5.93. The highest BCUT2D eigenvalue weighted by Gasteiger charge is 2.17. The van der Waals surface area contributed by atoms with E-state index in [9.17, 15) is 14.4 Å². The monoisotopic (exact) mass is 453 g/mol. The molecule has 9 heteroatoms. The van der Waals surface area contributed by atoms with Crippen LogP contribution in [0.4, 0.5) is 5.69 Å². The van der Waals surface area contributed by atoms with Crippen LogP contribution in [0.5, 0.6) is 0 Å². The summed E-state index contributed by atoms with van der Waals surface area (Å²) in [6.07, 6.45) is 3.41. The van der Waals surface area contributed by atoms with Crippen molar-refractivity contribution in [2.24, 2.45) is 0 Å². The molecule has 0 bridgehead atoms. The summed E-state index contributed by atoms with van der Waals surface area (Å²) < 4.78 is 1.53. The molecule has 3 N–H and O–H groups in total. The molecule has 0 saturated carbocycles. The molecule has 166 valence electrons. The van der Waals surface area contributed by atoms with Crippen molar-refractivity contribution in [1.29, 1.82) is 0 Å². The van der Waals surface area contributed by atoms with E-state index in [-0.39, 0.29) is 37.2 Å². The van der Waals surface area contributed by atoms with Gasteiger partial charge in [0.2, 0.25) is 17.7 Å². The van der Waals surface area contributed by atoms with E-state index in [1.165, 1.54) is 11.6 Å². The molecule has 0 aliphatic carbocycles. The highest BCUT2D eigenvalue weighted by Crippen LogP contribution is 2.20. The normalized spacial score (nSPS) is 11.4. The van der Waals surface area contributed by atoms with Gasteiger partial charge in [0.25, 0.3) is 0 Å². The maximum atomic E-state index is 12.5. The second-order valence-corrected chi connectivity index (χ2v) is 7.67. The lowest BCUT2D eigenvalue weighted by atomic mass is 10.0. The van der Waals surface area contributed by atoms with Crippen molar-refractivity contribution >= 4 is 35.0 Å². The van der Waals surface area contributed by atoms with Crippen LogP contribution < -0.4 is 16.0 Å². The zero-order valence-electron chi connectivity index (χ0n) is 17.5. The van der Waals surface area contributed by atoms with Gasteiger partial charge in [-0.2, -0.15) is 5.10 Å². The molecule has 0 aliphatic rings. The average molecular weight is 454 g/mol. The van der Waals surface area contributed by atoms with E-state index < -0.39 is 6.04 Å². The first-order valence-corrected chi connectivity index (χ1v) is 10.4. The van der Waals surface area contributed by atoms with E-state index in [4.69, 9.17) is 11.6 Å². The van der Waals surface area contributed by atoms with Crippen LogP contribution in [-0.2, 0) is 27.5 Å².